The Hall–Kier alpha value is -2.24. The lowest BCUT2D eigenvalue weighted by Gasteiger charge is -2.08. The van der Waals surface area contributed by atoms with Gasteiger partial charge in [-0.05, 0) is 30.7 Å². The van der Waals surface area contributed by atoms with E-state index in [1.165, 1.54) is 16.8 Å². The summed E-state index contributed by atoms with van der Waals surface area (Å²) < 4.78 is 27.0. The summed E-state index contributed by atoms with van der Waals surface area (Å²) in [7, 11) is 0. The molecular weight excluding hydrogens is 254 g/mol. The molecule has 19 heavy (non-hydrogen) atoms. The van der Waals surface area contributed by atoms with Crippen molar-refractivity contribution in [3.05, 3.63) is 47.3 Å². The van der Waals surface area contributed by atoms with E-state index < -0.39 is 12.4 Å². The second-order valence-corrected chi connectivity index (χ2v) is 3.96. The summed E-state index contributed by atoms with van der Waals surface area (Å²) in [6.45, 7) is 1.77. The number of benzene rings is 1. The number of aromatic carboxylic acids is 1. The van der Waals surface area contributed by atoms with Gasteiger partial charge in [-0.2, -0.15) is 5.10 Å². The minimum atomic E-state index is -2.57. The molecular formula is C13H12F2N2O2. The highest BCUT2D eigenvalue weighted by atomic mass is 19.3. The lowest BCUT2D eigenvalue weighted by molar-refractivity contribution is 0.0697. The Morgan fingerprint density at radius 1 is 1.37 bits per heavy atom. The lowest BCUT2D eigenvalue weighted by atomic mass is 10.2. The van der Waals surface area contributed by atoms with Gasteiger partial charge in [0.05, 0.1) is 28.7 Å². The van der Waals surface area contributed by atoms with E-state index in [1.54, 1.807) is 19.1 Å². The molecule has 0 saturated heterocycles. The fourth-order valence-corrected chi connectivity index (χ4v) is 1.89. The van der Waals surface area contributed by atoms with Gasteiger partial charge in [-0.25, -0.2) is 18.3 Å². The van der Waals surface area contributed by atoms with Crippen LogP contribution in [0.2, 0.25) is 0 Å². The van der Waals surface area contributed by atoms with E-state index in [1.807, 2.05) is 0 Å². The zero-order chi connectivity index (χ0) is 14.0. The van der Waals surface area contributed by atoms with E-state index in [2.05, 4.69) is 5.10 Å². The van der Waals surface area contributed by atoms with Crippen molar-refractivity contribution < 1.29 is 18.7 Å². The van der Waals surface area contributed by atoms with E-state index in [0.29, 0.717) is 17.8 Å². The van der Waals surface area contributed by atoms with Gasteiger partial charge in [0.1, 0.15) is 0 Å². The highest BCUT2D eigenvalue weighted by Gasteiger charge is 2.18. The molecule has 1 aromatic heterocycles. The zero-order valence-corrected chi connectivity index (χ0v) is 10.2. The number of hydrogen-bond donors (Lipinski definition) is 1. The molecule has 0 aliphatic carbocycles. The second-order valence-electron chi connectivity index (χ2n) is 3.96. The summed E-state index contributed by atoms with van der Waals surface area (Å²) in [5.74, 6) is -1.03. The van der Waals surface area contributed by atoms with Gasteiger partial charge >= 0.3 is 5.97 Å². The van der Waals surface area contributed by atoms with Crippen LogP contribution in [-0.2, 0) is 6.42 Å². The van der Waals surface area contributed by atoms with Gasteiger partial charge in [-0.15, -0.1) is 0 Å². The fourth-order valence-electron chi connectivity index (χ4n) is 1.89. The van der Waals surface area contributed by atoms with Gasteiger partial charge in [0, 0.05) is 0 Å². The minimum absolute atomic E-state index is 0.0928. The normalized spacial score (nSPS) is 10.9. The van der Waals surface area contributed by atoms with Crippen LogP contribution in [0.3, 0.4) is 0 Å². The zero-order valence-electron chi connectivity index (χ0n) is 10.2. The molecule has 1 aromatic carbocycles. The standard InChI is InChI=1S/C13H12F2N2O2/c1-2-11-10(12(14)15)7-16-17(11)9-5-3-8(4-6-9)13(18)19/h3-7,12H,2H2,1H3,(H,18,19). The predicted molar refractivity (Wildman–Crippen MR) is 64.9 cm³/mol. The van der Waals surface area contributed by atoms with E-state index in [4.69, 9.17) is 5.11 Å². The van der Waals surface area contributed by atoms with Crippen LogP contribution in [0, 0.1) is 0 Å². The topological polar surface area (TPSA) is 55.1 Å². The fraction of sp³-hybridized carbons (Fsp3) is 0.231. The van der Waals surface area contributed by atoms with Gasteiger partial charge in [0.2, 0.25) is 0 Å². The number of carboxylic acids is 1. The van der Waals surface area contributed by atoms with Crippen LogP contribution in [-0.4, -0.2) is 20.9 Å². The Morgan fingerprint density at radius 2 is 2.00 bits per heavy atom. The van der Waals surface area contributed by atoms with Crippen molar-refractivity contribution >= 4 is 5.97 Å². The van der Waals surface area contributed by atoms with Crippen LogP contribution in [0.15, 0.2) is 30.5 Å². The maximum Gasteiger partial charge on any atom is 0.335 e. The molecule has 6 heteroatoms. The first-order chi connectivity index (χ1) is 9.04. The van der Waals surface area contributed by atoms with Crippen molar-refractivity contribution in [2.75, 3.05) is 0 Å². The van der Waals surface area contributed by atoms with E-state index >= 15 is 0 Å². The van der Waals surface area contributed by atoms with Gasteiger partial charge < -0.3 is 5.11 Å². The monoisotopic (exact) mass is 266 g/mol. The van der Waals surface area contributed by atoms with Crippen LogP contribution in [0.1, 0.15) is 35.0 Å². The quantitative estimate of drug-likeness (QED) is 0.925. The molecule has 0 fully saturated rings. The Bertz CT molecular complexity index is 591. The number of carbonyl (C=O) groups is 1. The molecule has 0 saturated carbocycles. The maximum absolute atomic E-state index is 12.8. The number of rotatable bonds is 4. The summed E-state index contributed by atoms with van der Waals surface area (Å²) in [4.78, 5) is 10.7. The smallest absolute Gasteiger partial charge is 0.335 e. The molecule has 0 spiro atoms. The van der Waals surface area contributed by atoms with Gasteiger partial charge in [-0.1, -0.05) is 6.92 Å². The molecule has 0 aliphatic heterocycles. The third-order valence-electron chi connectivity index (χ3n) is 2.83. The molecule has 0 bridgehead atoms. The number of nitrogens with zero attached hydrogens (tertiary/aromatic N) is 2. The number of halogens is 2. The Balaban J connectivity index is 2.44. The summed E-state index contributed by atoms with van der Waals surface area (Å²) in [5.41, 5.74) is 1.04. The number of aromatic nitrogens is 2. The van der Waals surface area contributed by atoms with Crippen molar-refractivity contribution in [2.45, 2.75) is 19.8 Å². The summed E-state index contributed by atoms with van der Waals surface area (Å²) in [6, 6.07) is 5.93. The molecule has 1 heterocycles. The average molecular weight is 266 g/mol. The predicted octanol–water partition coefficient (Wildman–Crippen LogP) is 3.07. The molecule has 0 atom stereocenters. The summed E-state index contributed by atoms with van der Waals surface area (Å²) >= 11 is 0. The highest BCUT2D eigenvalue weighted by molar-refractivity contribution is 5.87. The first-order valence-electron chi connectivity index (χ1n) is 5.73. The first kappa shape index (κ1) is 13.2. The van der Waals surface area contributed by atoms with Crippen LogP contribution in [0.4, 0.5) is 8.78 Å². The van der Waals surface area contributed by atoms with Crippen molar-refractivity contribution in [3.63, 3.8) is 0 Å². The van der Waals surface area contributed by atoms with E-state index in [9.17, 15) is 13.6 Å². The van der Waals surface area contributed by atoms with Crippen molar-refractivity contribution in [3.8, 4) is 5.69 Å². The number of hydrogen-bond acceptors (Lipinski definition) is 2. The number of alkyl halides is 2. The molecule has 4 nitrogen and oxygen atoms in total. The minimum Gasteiger partial charge on any atom is -0.478 e. The SMILES string of the molecule is CCc1c(C(F)F)cnn1-c1ccc(C(=O)O)cc1. The third-order valence-corrected chi connectivity index (χ3v) is 2.83. The molecule has 0 radical (unpaired) electrons. The van der Waals surface area contributed by atoms with Crippen LogP contribution in [0.5, 0.6) is 0 Å². The van der Waals surface area contributed by atoms with Gasteiger partial charge in [-0.3, -0.25) is 0 Å². The van der Waals surface area contributed by atoms with Gasteiger partial charge in [0.15, 0.2) is 0 Å². The molecule has 1 N–H and O–H groups in total. The van der Waals surface area contributed by atoms with Crippen LogP contribution in [0.25, 0.3) is 5.69 Å². The third kappa shape index (κ3) is 2.47. The lowest BCUT2D eigenvalue weighted by Crippen LogP contribution is -2.04. The molecule has 2 aromatic rings. The van der Waals surface area contributed by atoms with Gasteiger partial charge in [0.25, 0.3) is 6.43 Å². The average Bonchev–Trinajstić information content (AvgIpc) is 2.82. The molecule has 100 valence electrons. The van der Waals surface area contributed by atoms with E-state index in [-0.39, 0.29) is 11.1 Å². The van der Waals surface area contributed by atoms with Crippen molar-refractivity contribution in [2.24, 2.45) is 0 Å². The Kier molecular flexibility index (Phi) is 3.59. The summed E-state index contributed by atoms with van der Waals surface area (Å²) in [6.07, 6.45) is -1.00. The molecule has 0 aliphatic rings. The second kappa shape index (κ2) is 5.17. The summed E-state index contributed by atoms with van der Waals surface area (Å²) in [5, 5.41) is 12.7. The van der Waals surface area contributed by atoms with Crippen molar-refractivity contribution in [1.82, 2.24) is 9.78 Å². The Labute approximate surface area is 108 Å². The largest absolute Gasteiger partial charge is 0.478 e. The first-order valence-corrected chi connectivity index (χ1v) is 5.73. The van der Waals surface area contributed by atoms with Crippen LogP contribution < -0.4 is 0 Å². The number of carboxylic acid groups (broad SMARTS) is 1. The van der Waals surface area contributed by atoms with Crippen molar-refractivity contribution in [1.29, 1.82) is 0 Å². The Morgan fingerprint density at radius 3 is 2.47 bits per heavy atom. The highest BCUT2D eigenvalue weighted by Crippen LogP contribution is 2.25. The maximum atomic E-state index is 12.8. The molecule has 0 unspecified atom stereocenters. The molecule has 2 rings (SSSR count). The van der Waals surface area contributed by atoms with Crippen LogP contribution >= 0.6 is 0 Å². The van der Waals surface area contributed by atoms with E-state index in [0.717, 1.165) is 6.20 Å². The molecule has 0 amide bonds.